The summed E-state index contributed by atoms with van der Waals surface area (Å²) in [5.41, 5.74) is 16.1. The van der Waals surface area contributed by atoms with Gasteiger partial charge in [0.25, 0.3) is 0 Å². The molecule has 13 unspecified atom stereocenters. The van der Waals surface area contributed by atoms with Crippen molar-refractivity contribution in [1.29, 1.82) is 0 Å². The van der Waals surface area contributed by atoms with E-state index in [-0.39, 0.29) is 25.8 Å². The summed E-state index contributed by atoms with van der Waals surface area (Å²) < 4.78 is 0. The van der Waals surface area contributed by atoms with Gasteiger partial charge in [-0.05, 0) is 59.3 Å². The van der Waals surface area contributed by atoms with Gasteiger partial charge in [0.1, 0.15) is 54.4 Å². The summed E-state index contributed by atoms with van der Waals surface area (Å²) in [7, 11) is 0. The van der Waals surface area contributed by atoms with Crippen molar-refractivity contribution in [3.8, 4) is 0 Å². The fourth-order valence-corrected chi connectivity index (χ4v) is 9.34. The van der Waals surface area contributed by atoms with Gasteiger partial charge in [0.05, 0.1) is 43.8 Å². The zero-order valence-corrected chi connectivity index (χ0v) is 51.7. The number of unbranched alkanes of at least 4 members (excludes halogenated alkanes) is 11. The summed E-state index contributed by atoms with van der Waals surface area (Å²) in [6, 6.07) is -14.4. The molecule has 1 fully saturated rings. The van der Waals surface area contributed by atoms with Crippen LogP contribution in [0.3, 0.4) is 0 Å². The van der Waals surface area contributed by atoms with Crippen LogP contribution in [0.2, 0.25) is 0 Å². The third kappa shape index (κ3) is 33.3. The highest BCUT2D eigenvalue weighted by Gasteiger charge is 2.38. The lowest BCUT2D eigenvalue weighted by Crippen LogP contribution is -2.63. The smallest absolute Gasteiger partial charge is 0.246 e. The Morgan fingerprint density at radius 2 is 0.864 bits per heavy atom. The number of carbonyl (C=O) groups excluding carboxylic acids is 13. The molecule has 502 valence electrons. The Morgan fingerprint density at radius 3 is 1.39 bits per heavy atom. The Balaban J connectivity index is 3.81. The van der Waals surface area contributed by atoms with Crippen LogP contribution in [0.1, 0.15) is 189 Å². The molecular weight excluding hydrogens is 1150 g/mol. The SMILES string of the molecule is CCCCCCCCCC(O)CCC1NC(=O)C(C(C)O)NC(=O)C(C(C)O)NC(=O)C(CC(O)C(N)=O)NC(=O)C(C)NC(=O)C(CC(N)=O)NC(=O)C(CC(N)=O)NC(=O)C(CCCCCCCC(O)CCCC)NC(=O)CCNC(=O)CNC1=O. The molecule has 0 bridgehead atoms. The molecule has 0 aromatic carbocycles. The van der Waals surface area contributed by atoms with Gasteiger partial charge >= 0.3 is 0 Å². The highest BCUT2D eigenvalue weighted by Crippen LogP contribution is 2.16. The van der Waals surface area contributed by atoms with Crippen molar-refractivity contribution in [3.05, 3.63) is 0 Å². The van der Waals surface area contributed by atoms with Crippen LogP contribution in [0, 0.1) is 0 Å². The van der Waals surface area contributed by atoms with Gasteiger partial charge in [0.2, 0.25) is 76.8 Å². The fourth-order valence-electron chi connectivity index (χ4n) is 9.34. The first-order chi connectivity index (χ1) is 41.5. The number of amides is 13. The van der Waals surface area contributed by atoms with E-state index in [0.717, 1.165) is 85.0 Å². The molecule has 21 N–H and O–H groups in total. The van der Waals surface area contributed by atoms with E-state index in [1.165, 1.54) is 0 Å². The first kappa shape index (κ1) is 78.9. The topological polar surface area (TPSA) is 521 Å². The molecule has 1 heterocycles. The van der Waals surface area contributed by atoms with Gasteiger partial charge in [-0.25, -0.2) is 0 Å². The number of hydrogen-bond donors (Lipinski definition) is 18. The van der Waals surface area contributed by atoms with Crippen LogP contribution in [-0.4, -0.2) is 194 Å². The van der Waals surface area contributed by atoms with E-state index in [2.05, 4.69) is 60.1 Å². The minimum absolute atomic E-state index is 0.0179. The van der Waals surface area contributed by atoms with Gasteiger partial charge in [0, 0.05) is 19.4 Å². The molecule has 88 heavy (non-hydrogen) atoms. The van der Waals surface area contributed by atoms with Crippen molar-refractivity contribution < 1.29 is 87.9 Å². The Labute approximate surface area is 514 Å². The van der Waals surface area contributed by atoms with E-state index in [0.29, 0.717) is 44.9 Å². The fraction of sp³-hybridized carbons (Fsp3) is 0.772. The lowest BCUT2D eigenvalue weighted by atomic mass is 10.0. The quantitative estimate of drug-likeness (QED) is 0.0293. The second-order valence-electron chi connectivity index (χ2n) is 22.6. The molecule has 0 saturated carbocycles. The van der Waals surface area contributed by atoms with Crippen molar-refractivity contribution in [2.75, 3.05) is 13.1 Å². The number of hydrogen-bond acceptors (Lipinski definition) is 18. The molecule has 1 saturated heterocycles. The number of rotatable bonds is 31. The van der Waals surface area contributed by atoms with Gasteiger partial charge in [-0.15, -0.1) is 0 Å². The Morgan fingerprint density at radius 1 is 0.443 bits per heavy atom. The van der Waals surface area contributed by atoms with E-state index < -0.39 is 188 Å². The number of nitrogens with one attached hydrogen (secondary N) is 10. The van der Waals surface area contributed by atoms with E-state index in [1.807, 2.05) is 6.92 Å². The summed E-state index contributed by atoms with van der Waals surface area (Å²) in [6.45, 7) is 6.23. The second-order valence-corrected chi connectivity index (χ2v) is 22.6. The van der Waals surface area contributed by atoms with Crippen LogP contribution in [-0.2, 0) is 62.3 Å². The minimum atomic E-state index is -2.15. The molecule has 0 aromatic rings. The van der Waals surface area contributed by atoms with Crippen LogP contribution < -0.4 is 70.4 Å². The summed E-state index contributed by atoms with van der Waals surface area (Å²) in [5.74, 6) is -14.9. The number of carbonyl (C=O) groups is 13. The predicted molar refractivity (Wildman–Crippen MR) is 318 cm³/mol. The maximum Gasteiger partial charge on any atom is 0.246 e. The van der Waals surface area contributed by atoms with Gasteiger partial charge in [-0.1, -0.05) is 104 Å². The molecule has 0 radical (unpaired) electrons. The Hall–Kier alpha value is -7.09. The van der Waals surface area contributed by atoms with Gasteiger partial charge < -0.3 is 95.9 Å². The third-order valence-corrected chi connectivity index (χ3v) is 14.6. The standard InChI is InChI=1S/C57H101N13O18/c1-6-8-10-11-12-14-18-22-36(74)24-25-38-51(82)62-31-46(79)61-27-26-45(78)64-37(23-19-16-13-15-17-21-35(73)20-9-7-2)52(83)67-41(30-44(59)77)54(85)68-40(29-43(58)76)53(84)63-32(3)50(81)66-39(28-42(75)49(60)80)55(86)69-48(34(5)72)57(88)70-47(33(4)71)56(87)65-38/h32-42,47-48,71-75H,6-31H2,1-5H3,(H2,58,76)(H2,59,77)(H2,60,80)(H,61,79)(H,62,82)(H,63,84)(H,64,78)(H,65,87)(H,66,81)(H,67,83)(H,68,85)(H,69,86)(H,70,88). The predicted octanol–water partition coefficient (Wildman–Crippen LogP) is -4.17. The molecule has 0 spiro atoms. The maximum absolute atomic E-state index is 14.0. The molecule has 1 aliphatic heterocycles. The van der Waals surface area contributed by atoms with Crippen molar-refractivity contribution in [2.45, 2.75) is 268 Å². The number of aliphatic hydroxyl groups is 5. The largest absolute Gasteiger partial charge is 0.393 e. The van der Waals surface area contributed by atoms with Crippen LogP contribution >= 0.6 is 0 Å². The summed E-state index contributed by atoms with van der Waals surface area (Å²) >= 11 is 0. The zero-order chi connectivity index (χ0) is 66.5. The lowest BCUT2D eigenvalue weighted by molar-refractivity contribution is -0.139. The average molecular weight is 1260 g/mol. The average Bonchev–Trinajstić information content (AvgIpc) is 3.59. The summed E-state index contributed by atoms with van der Waals surface area (Å²) in [5, 5.41) is 76.2. The van der Waals surface area contributed by atoms with E-state index in [4.69, 9.17) is 17.2 Å². The maximum atomic E-state index is 14.0. The number of nitrogens with two attached hydrogens (primary N) is 3. The van der Waals surface area contributed by atoms with Crippen molar-refractivity contribution >= 4 is 76.8 Å². The van der Waals surface area contributed by atoms with Gasteiger partial charge in [0.15, 0.2) is 0 Å². The third-order valence-electron chi connectivity index (χ3n) is 14.6. The zero-order valence-electron chi connectivity index (χ0n) is 51.7. The van der Waals surface area contributed by atoms with Crippen molar-refractivity contribution in [2.24, 2.45) is 17.2 Å². The van der Waals surface area contributed by atoms with Crippen LogP contribution in [0.5, 0.6) is 0 Å². The molecular formula is C57H101N13O18. The Bertz CT molecular complexity index is 2280. The molecule has 0 aromatic heterocycles. The highest BCUT2D eigenvalue weighted by molar-refractivity contribution is 6.00. The number of aliphatic hydroxyl groups excluding tert-OH is 5. The molecule has 1 rings (SSSR count). The van der Waals surface area contributed by atoms with Gasteiger partial charge in [-0.3, -0.25) is 62.3 Å². The first-order valence-corrected chi connectivity index (χ1v) is 30.7. The van der Waals surface area contributed by atoms with Gasteiger partial charge in [-0.2, -0.15) is 0 Å². The first-order valence-electron chi connectivity index (χ1n) is 30.7. The molecule has 13 atom stereocenters. The monoisotopic (exact) mass is 1260 g/mol. The van der Waals surface area contributed by atoms with Crippen molar-refractivity contribution in [3.63, 3.8) is 0 Å². The van der Waals surface area contributed by atoms with E-state index >= 15 is 0 Å². The highest BCUT2D eigenvalue weighted by atomic mass is 16.3. The van der Waals surface area contributed by atoms with E-state index in [1.54, 1.807) is 0 Å². The minimum Gasteiger partial charge on any atom is -0.393 e. The molecule has 31 nitrogen and oxygen atoms in total. The normalized spacial score (nSPS) is 24.1. The molecule has 31 heteroatoms. The molecule has 0 aliphatic carbocycles. The summed E-state index contributed by atoms with van der Waals surface area (Å²) in [4.78, 5) is 174. The lowest BCUT2D eigenvalue weighted by Gasteiger charge is -2.29. The second kappa shape index (κ2) is 43.5. The van der Waals surface area contributed by atoms with E-state index in [9.17, 15) is 87.9 Å². The van der Waals surface area contributed by atoms with Crippen molar-refractivity contribution in [1.82, 2.24) is 53.2 Å². The van der Waals surface area contributed by atoms with Crippen LogP contribution in [0.15, 0.2) is 0 Å². The van der Waals surface area contributed by atoms with Crippen LogP contribution in [0.25, 0.3) is 0 Å². The molecule has 13 amide bonds. The molecule has 1 aliphatic rings. The Kier molecular flexibility index (Phi) is 39.0. The van der Waals surface area contributed by atoms with Crippen LogP contribution in [0.4, 0.5) is 0 Å². The number of primary amides is 3. The summed E-state index contributed by atoms with van der Waals surface area (Å²) in [6.07, 6.45) is 2.74.